The van der Waals surface area contributed by atoms with Crippen molar-refractivity contribution in [1.82, 2.24) is 4.98 Å². The van der Waals surface area contributed by atoms with Gasteiger partial charge in [-0.3, -0.25) is 5.32 Å². The van der Waals surface area contributed by atoms with Gasteiger partial charge in [0.1, 0.15) is 0 Å². The van der Waals surface area contributed by atoms with Gasteiger partial charge in [-0.15, -0.1) is 11.3 Å². The van der Waals surface area contributed by atoms with E-state index in [-0.39, 0.29) is 5.88 Å². The van der Waals surface area contributed by atoms with Gasteiger partial charge in [0.2, 0.25) is 5.88 Å². The van der Waals surface area contributed by atoms with Gasteiger partial charge in [0.25, 0.3) is 0 Å². The monoisotopic (exact) mass is 269 g/mol. The number of thiazole rings is 1. The number of carbonyl (C=O) groups excluding carboxylic acids is 1. The zero-order valence-corrected chi connectivity index (χ0v) is 10.0. The number of nitrogens with zero attached hydrogens (tertiary/aromatic N) is 1. The maximum atomic E-state index is 11.5. The van der Waals surface area contributed by atoms with Crippen molar-refractivity contribution in [3.05, 3.63) is 34.7 Å². The Morgan fingerprint density at radius 1 is 1.29 bits per heavy atom. The second-order valence-electron chi connectivity index (χ2n) is 3.10. The number of halogens is 1. The molecule has 3 N–H and O–H groups in total. The van der Waals surface area contributed by atoms with E-state index in [1.165, 1.54) is 5.38 Å². The third kappa shape index (κ3) is 3.33. The second-order valence-corrected chi connectivity index (χ2v) is 4.39. The van der Waals surface area contributed by atoms with Crippen LogP contribution in [0.25, 0.3) is 0 Å². The Morgan fingerprint density at radius 2 is 2.00 bits per heavy atom. The summed E-state index contributed by atoms with van der Waals surface area (Å²) < 4.78 is 0. The fourth-order valence-corrected chi connectivity index (χ4v) is 1.81. The maximum absolute atomic E-state index is 11.5. The summed E-state index contributed by atoms with van der Waals surface area (Å²) in [4.78, 5) is 15.2. The number of carbonyl (C=O) groups is 1. The molecule has 17 heavy (non-hydrogen) atoms. The molecule has 1 heterocycles. The molecule has 0 bridgehead atoms. The van der Waals surface area contributed by atoms with Crippen LogP contribution in [0.5, 0.6) is 5.88 Å². The van der Waals surface area contributed by atoms with Crippen molar-refractivity contribution < 1.29 is 9.90 Å². The van der Waals surface area contributed by atoms with Gasteiger partial charge in [-0.1, -0.05) is 11.6 Å². The van der Waals surface area contributed by atoms with Crippen LogP contribution in [0, 0.1) is 0 Å². The van der Waals surface area contributed by atoms with Gasteiger partial charge in [-0.25, -0.2) is 4.79 Å². The van der Waals surface area contributed by atoms with E-state index in [9.17, 15) is 4.79 Å². The topological polar surface area (TPSA) is 74.2 Å². The standard InChI is InChI=1S/C10H8ClN3O2S/c11-6-1-3-7(4-2-6)12-9(16)14-10-13-8(15)5-17-10/h1-5,15H,(H2,12,13,14,16). The number of benzene rings is 1. The Morgan fingerprint density at radius 3 is 2.59 bits per heavy atom. The Bertz CT molecular complexity index is 527. The van der Waals surface area contributed by atoms with Crippen molar-refractivity contribution in [2.45, 2.75) is 0 Å². The van der Waals surface area contributed by atoms with Gasteiger partial charge in [-0.05, 0) is 24.3 Å². The first-order chi connectivity index (χ1) is 8.13. The first kappa shape index (κ1) is 11.7. The van der Waals surface area contributed by atoms with Gasteiger partial charge in [0, 0.05) is 10.7 Å². The highest BCUT2D eigenvalue weighted by Gasteiger charge is 2.05. The zero-order chi connectivity index (χ0) is 12.3. The molecular formula is C10H8ClN3O2S. The van der Waals surface area contributed by atoms with Crippen molar-refractivity contribution in [1.29, 1.82) is 0 Å². The number of aromatic nitrogens is 1. The molecule has 1 aromatic carbocycles. The van der Waals surface area contributed by atoms with E-state index in [0.717, 1.165) is 11.3 Å². The number of hydrogen-bond acceptors (Lipinski definition) is 4. The van der Waals surface area contributed by atoms with Crippen LogP contribution in [0.3, 0.4) is 0 Å². The van der Waals surface area contributed by atoms with Crippen LogP contribution in [0.1, 0.15) is 0 Å². The second kappa shape index (κ2) is 5.03. The summed E-state index contributed by atoms with van der Waals surface area (Å²) >= 11 is 6.85. The largest absolute Gasteiger partial charge is 0.493 e. The molecule has 0 fully saturated rings. The summed E-state index contributed by atoms with van der Waals surface area (Å²) in [6.45, 7) is 0. The summed E-state index contributed by atoms with van der Waals surface area (Å²) in [6.07, 6.45) is 0. The summed E-state index contributed by atoms with van der Waals surface area (Å²) in [5, 5.41) is 16.4. The fraction of sp³-hybridized carbons (Fsp3) is 0. The molecule has 7 heteroatoms. The average Bonchev–Trinajstić information content (AvgIpc) is 2.67. The molecule has 0 aliphatic carbocycles. The van der Waals surface area contributed by atoms with E-state index in [0.29, 0.717) is 15.8 Å². The van der Waals surface area contributed by atoms with Crippen LogP contribution in [-0.4, -0.2) is 16.1 Å². The fourth-order valence-electron chi connectivity index (χ4n) is 1.12. The zero-order valence-electron chi connectivity index (χ0n) is 8.48. The number of urea groups is 1. The predicted octanol–water partition coefficient (Wildman–Crippen LogP) is 3.15. The molecule has 5 nitrogen and oxygen atoms in total. The van der Waals surface area contributed by atoms with Gasteiger partial charge in [0.15, 0.2) is 5.13 Å². The number of nitrogens with one attached hydrogen (secondary N) is 2. The van der Waals surface area contributed by atoms with Crippen LogP contribution in [0.4, 0.5) is 15.6 Å². The highest BCUT2D eigenvalue weighted by Crippen LogP contribution is 2.20. The van der Waals surface area contributed by atoms with Crippen molar-refractivity contribution in [3.8, 4) is 5.88 Å². The van der Waals surface area contributed by atoms with Gasteiger partial charge in [0.05, 0.1) is 5.38 Å². The quantitative estimate of drug-likeness (QED) is 0.784. The molecule has 88 valence electrons. The van der Waals surface area contributed by atoms with Gasteiger partial charge >= 0.3 is 6.03 Å². The smallest absolute Gasteiger partial charge is 0.325 e. The highest BCUT2D eigenvalue weighted by molar-refractivity contribution is 7.14. The molecule has 1 aromatic heterocycles. The summed E-state index contributed by atoms with van der Waals surface area (Å²) in [5.41, 5.74) is 0.618. The minimum absolute atomic E-state index is 0.114. The molecule has 0 saturated heterocycles. The predicted molar refractivity (Wildman–Crippen MR) is 67.9 cm³/mol. The summed E-state index contributed by atoms with van der Waals surface area (Å²) in [5.74, 6) is -0.114. The van der Waals surface area contributed by atoms with Gasteiger partial charge in [-0.2, -0.15) is 4.98 Å². The van der Waals surface area contributed by atoms with E-state index in [1.54, 1.807) is 24.3 Å². The Labute approximate surface area is 106 Å². The van der Waals surface area contributed by atoms with Crippen molar-refractivity contribution >= 4 is 39.8 Å². The summed E-state index contributed by atoms with van der Waals surface area (Å²) in [6, 6.07) is 6.28. The van der Waals surface area contributed by atoms with E-state index in [1.807, 2.05) is 0 Å². The number of anilines is 2. The summed E-state index contributed by atoms with van der Waals surface area (Å²) in [7, 11) is 0. The molecule has 0 aliphatic heterocycles. The lowest BCUT2D eigenvalue weighted by molar-refractivity contribution is 0.262. The molecule has 2 aromatic rings. The molecule has 0 atom stereocenters. The minimum Gasteiger partial charge on any atom is -0.493 e. The van der Waals surface area contributed by atoms with E-state index < -0.39 is 6.03 Å². The lowest BCUT2D eigenvalue weighted by Crippen LogP contribution is -2.19. The van der Waals surface area contributed by atoms with Crippen LogP contribution in [0.15, 0.2) is 29.6 Å². The molecule has 0 unspecified atom stereocenters. The minimum atomic E-state index is -0.429. The van der Waals surface area contributed by atoms with E-state index in [4.69, 9.17) is 16.7 Å². The van der Waals surface area contributed by atoms with Crippen molar-refractivity contribution in [2.75, 3.05) is 10.6 Å². The first-order valence-electron chi connectivity index (χ1n) is 4.61. The number of rotatable bonds is 2. The molecular weight excluding hydrogens is 262 g/mol. The normalized spacial score (nSPS) is 9.94. The number of amides is 2. The first-order valence-corrected chi connectivity index (χ1v) is 5.87. The Kier molecular flexibility index (Phi) is 3.46. The van der Waals surface area contributed by atoms with Crippen molar-refractivity contribution in [3.63, 3.8) is 0 Å². The van der Waals surface area contributed by atoms with Crippen LogP contribution in [-0.2, 0) is 0 Å². The lowest BCUT2D eigenvalue weighted by atomic mass is 10.3. The van der Waals surface area contributed by atoms with Crippen LogP contribution in [0.2, 0.25) is 5.02 Å². The Balaban J connectivity index is 1.95. The lowest BCUT2D eigenvalue weighted by Gasteiger charge is -2.04. The average molecular weight is 270 g/mol. The highest BCUT2D eigenvalue weighted by atomic mass is 35.5. The molecule has 0 saturated carbocycles. The maximum Gasteiger partial charge on any atom is 0.325 e. The van der Waals surface area contributed by atoms with Crippen LogP contribution < -0.4 is 10.6 Å². The molecule has 2 rings (SSSR count). The third-order valence-electron chi connectivity index (χ3n) is 1.81. The number of aromatic hydroxyl groups is 1. The molecule has 2 amide bonds. The SMILES string of the molecule is O=C(Nc1ccc(Cl)cc1)Nc1nc(O)cs1. The molecule has 0 spiro atoms. The van der Waals surface area contributed by atoms with Crippen molar-refractivity contribution in [2.24, 2.45) is 0 Å². The molecule has 0 radical (unpaired) electrons. The number of hydrogen-bond donors (Lipinski definition) is 3. The third-order valence-corrected chi connectivity index (χ3v) is 2.81. The van der Waals surface area contributed by atoms with Crippen LogP contribution >= 0.6 is 22.9 Å². The van der Waals surface area contributed by atoms with E-state index >= 15 is 0 Å². The van der Waals surface area contributed by atoms with E-state index in [2.05, 4.69) is 15.6 Å². The van der Waals surface area contributed by atoms with Gasteiger partial charge < -0.3 is 10.4 Å². The Hall–Kier alpha value is -1.79. The molecule has 0 aliphatic rings.